The Morgan fingerprint density at radius 3 is 2.76 bits per heavy atom. The smallest absolute Gasteiger partial charge is 0.166 e. The van der Waals surface area contributed by atoms with Gasteiger partial charge >= 0.3 is 0 Å². The molecule has 0 radical (unpaired) electrons. The van der Waals surface area contributed by atoms with Crippen molar-refractivity contribution < 1.29 is 4.79 Å². The average Bonchev–Trinajstić information content (AvgIpc) is 2.92. The number of aldehydes is 1. The summed E-state index contributed by atoms with van der Waals surface area (Å²) in [6.45, 7) is 0.820. The van der Waals surface area contributed by atoms with Gasteiger partial charge in [0, 0.05) is 12.7 Å². The van der Waals surface area contributed by atoms with Crippen LogP contribution in [-0.2, 0) is 6.54 Å². The largest absolute Gasteiger partial charge is 0.351 e. The summed E-state index contributed by atoms with van der Waals surface area (Å²) in [5, 5.41) is 0. The molecule has 3 nitrogen and oxygen atoms in total. The fourth-order valence-electron chi connectivity index (χ4n) is 2.07. The molecule has 0 aliphatic rings. The maximum Gasteiger partial charge on any atom is 0.166 e. The molecule has 0 saturated heterocycles. The van der Waals surface area contributed by atoms with Crippen LogP contribution in [0.1, 0.15) is 16.1 Å². The Morgan fingerprint density at radius 1 is 1.18 bits per heavy atom. The predicted octanol–water partition coefficient (Wildman–Crippen LogP) is 2.83. The highest BCUT2D eigenvalue weighted by Crippen LogP contribution is 2.17. The van der Waals surface area contributed by atoms with E-state index in [0.717, 1.165) is 23.9 Å². The second-order valence-electron chi connectivity index (χ2n) is 4.07. The van der Waals surface area contributed by atoms with Crippen molar-refractivity contribution in [1.82, 2.24) is 9.55 Å². The van der Waals surface area contributed by atoms with Crippen molar-refractivity contribution in [3.05, 3.63) is 59.9 Å². The van der Waals surface area contributed by atoms with Gasteiger partial charge in [-0.2, -0.15) is 0 Å². The zero-order chi connectivity index (χ0) is 11.7. The molecule has 1 aromatic carbocycles. The van der Waals surface area contributed by atoms with Crippen molar-refractivity contribution in [3.8, 4) is 0 Å². The van der Waals surface area contributed by atoms with Crippen LogP contribution in [-0.4, -0.2) is 15.8 Å². The molecule has 0 bridgehead atoms. The SMILES string of the molecule is O=Cc1cc2c(ccn2Cc2ccccc2)[nH]1. The number of H-pyrrole nitrogens is 1. The molecule has 3 aromatic rings. The lowest BCUT2D eigenvalue weighted by molar-refractivity contribution is 0.112. The van der Waals surface area contributed by atoms with Gasteiger partial charge in [-0.1, -0.05) is 30.3 Å². The van der Waals surface area contributed by atoms with Crippen LogP contribution in [0.15, 0.2) is 48.7 Å². The first-order valence-electron chi connectivity index (χ1n) is 5.54. The molecule has 0 amide bonds. The van der Waals surface area contributed by atoms with E-state index in [2.05, 4.69) is 21.7 Å². The van der Waals surface area contributed by atoms with Crippen molar-refractivity contribution in [2.24, 2.45) is 0 Å². The van der Waals surface area contributed by atoms with E-state index in [9.17, 15) is 4.79 Å². The van der Waals surface area contributed by atoms with Crippen molar-refractivity contribution in [1.29, 1.82) is 0 Å². The van der Waals surface area contributed by atoms with Gasteiger partial charge in [-0.25, -0.2) is 0 Å². The molecule has 0 atom stereocenters. The van der Waals surface area contributed by atoms with Crippen LogP contribution in [0, 0.1) is 0 Å². The first-order valence-corrected chi connectivity index (χ1v) is 5.54. The zero-order valence-corrected chi connectivity index (χ0v) is 9.26. The van der Waals surface area contributed by atoms with Crippen molar-refractivity contribution in [2.75, 3.05) is 0 Å². The minimum atomic E-state index is 0.623. The first kappa shape index (κ1) is 9.90. The number of aromatic nitrogens is 2. The fourth-order valence-corrected chi connectivity index (χ4v) is 2.07. The predicted molar refractivity (Wildman–Crippen MR) is 67.2 cm³/mol. The van der Waals surface area contributed by atoms with Gasteiger partial charge < -0.3 is 9.55 Å². The number of benzene rings is 1. The summed E-state index contributed by atoms with van der Waals surface area (Å²) in [6.07, 6.45) is 2.87. The van der Waals surface area contributed by atoms with E-state index in [0.29, 0.717) is 5.69 Å². The molecule has 0 unspecified atom stereocenters. The summed E-state index contributed by atoms with van der Waals surface area (Å²) >= 11 is 0. The lowest BCUT2D eigenvalue weighted by Crippen LogP contribution is -1.96. The maximum atomic E-state index is 10.7. The summed E-state index contributed by atoms with van der Waals surface area (Å²) in [4.78, 5) is 13.8. The molecule has 2 heterocycles. The number of carbonyl (C=O) groups excluding carboxylic acids is 1. The van der Waals surface area contributed by atoms with Crippen LogP contribution in [0.4, 0.5) is 0 Å². The molecule has 0 fully saturated rings. The summed E-state index contributed by atoms with van der Waals surface area (Å²) in [7, 11) is 0. The van der Waals surface area contributed by atoms with Crippen molar-refractivity contribution >= 4 is 17.3 Å². The van der Waals surface area contributed by atoms with Crippen LogP contribution in [0.5, 0.6) is 0 Å². The minimum Gasteiger partial charge on any atom is -0.351 e. The third kappa shape index (κ3) is 1.76. The van der Waals surface area contributed by atoms with Gasteiger partial charge in [-0.05, 0) is 17.7 Å². The van der Waals surface area contributed by atoms with Gasteiger partial charge in [0.2, 0.25) is 0 Å². The van der Waals surface area contributed by atoms with E-state index < -0.39 is 0 Å². The molecule has 84 valence electrons. The molecule has 17 heavy (non-hydrogen) atoms. The lowest BCUT2D eigenvalue weighted by atomic mass is 10.2. The van der Waals surface area contributed by atoms with Crippen LogP contribution in [0.2, 0.25) is 0 Å². The fraction of sp³-hybridized carbons (Fsp3) is 0.0714. The molecular weight excluding hydrogens is 212 g/mol. The molecule has 0 saturated carbocycles. The first-order chi connectivity index (χ1) is 8.36. The van der Waals surface area contributed by atoms with Gasteiger partial charge in [-0.3, -0.25) is 4.79 Å². The standard InChI is InChI=1S/C14H12N2O/c17-10-12-8-14-13(15-12)6-7-16(14)9-11-4-2-1-3-5-11/h1-8,10,15H,9H2. The van der Waals surface area contributed by atoms with E-state index in [1.54, 1.807) is 0 Å². The highest BCUT2D eigenvalue weighted by atomic mass is 16.1. The van der Waals surface area contributed by atoms with Crippen LogP contribution in [0.3, 0.4) is 0 Å². The molecule has 1 N–H and O–H groups in total. The topological polar surface area (TPSA) is 37.8 Å². The normalized spacial score (nSPS) is 10.8. The van der Waals surface area contributed by atoms with E-state index in [1.807, 2.05) is 36.5 Å². The monoisotopic (exact) mass is 224 g/mol. The number of rotatable bonds is 3. The Balaban J connectivity index is 2.00. The zero-order valence-electron chi connectivity index (χ0n) is 9.26. The second-order valence-corrected chi connectivity index (χ2v) is 4.07. The molecule has 3 rings (SSSR count). The van der Waals surface area contributed by atoms with E-state index in [1.165, 1.54) is 5.56 Å². The van der Waals surface area contributed by atoms with Gasteiger partial charge in [-0.15, -0.1) is 0 Å². The average molecular weight is 224 g/mol. The Kier molecular flexibility index (Phi) is 2.29. The lowest BCUT2D eigenvalue weighted by Gasteiger charge is -2.03. The Bertz CT molecular complexity index is 649. The van der Waals surface area contributed by atoms with Gasteiger partial charge in [0.05, 0.1) is 16.7 Å². The van der Waals surface area contributed by atoms with Gasteiger partial charge in [0.15, 0.2) is 6.29 Å². The number of nitrogens with one attached hydrogen (secondary N) is 1. The van der Waals surface area contributed by atoms with E-state index in [-0.39, 0.29) is 0 Å². The summed E-state index contributed by atoms with van der Waals surface area (Å²) in [6, 6.07) is 14.1. The van der Waals surface area contributed by atoms with Gasteiger partial charge in [0.25, 0.3) is 0 Å². The number of carbonyl (C=O) groups is 1. The summed E-state index contributed by atoms with van der Waals surface area (Å²) < 4.78 is 2.13. The summed E-state index contributed by atoms with van der Waals surface area (Å²) in [5.41, 5.74) is 3.94. The Morgan fingerprint density at radius 2 is 2.00 bits per heavy atom. The van der Waals surface area contributed by atoms with Crippen LogP contribution >= 0.6 is 0 Å². The van der Waals surface area contributed by atoms with Crippen molar-refractivity contribution in [3.63, 3.8) is 0 Å². The number of aromatic amines is 1. The Hall–Kier alpha value is -2.29. The molecular formula is C14H12N2O. The van der Waals surface area contributed by atoms with E-state index in [4.69, 9.17) is 0 Å². The highest BCUT2D eigenvalue weighted by molar-refractivity contribution is 5.86. The number of nitrogens with zero attached hydrogens (tertiary/aromatic N) is 1. The summed E-state index contributed by atoms with van der Waals surface area (Å²) in [5.74, 6) is 0. The second kappa shape index (κ2) is 3.94. The van der Waals surface area contributed by atoms with E-state index >= 15 is 0 Å². The van der Waals surface area contributed by atoms with Crippen LogP contribution in [0.25, 0.3) is 11.0 Å². The Labute approximate surface area is 98.7 Å². The molecule has 0 aliphatic carbocycles. The third-order valence-corrected chi connectivity index (χ3v) is 2.90. The minimum absolute atomic E-state index is 0.623. The van der Waals surface area contributed by atoms with Gasteiger partial charge in [0.1, 0.15) is 0 Å². The van der Waals surface area contributed by atoms with Crippen molar-refractivity contribution in [2.45, 2.75) is 6.54 Å². The molecule has 3 heteroatoms. The molecule has 0 spiro atoms. The number of fused-ring (bicyclic) bond motifs is 1. The molecule has 0 aliphatic heterocycles. The third-order valence-electron chi connectivity index (χ3n) is 2.90. The number of hydrogen-bond acceptors (Lipinski definition) is 1. The molecule has 2 aromatic heterocycles. The van der Waals surface area contributed by atoms with Crippen LogP contribution < -0.4 is 0 Å². The highest BCUT2D eigenvalue weighted by Gasteiger charge is 2.05. The quantitative estimate of drug-likeness (QED) is 0.682. The number of hydrogen-bond donors (Lipinski definition) is 1. The maximum absolute atomic E-state index is 10.7.